The van der Waals surface area contributed by atoms with Crippen molar-refractivity contribution in [3.05, 3.63) is 58.0 Å². The molecule has 0 atom stereocenters. The van der Waals surface area contributed by atoms with Crippen LogP contribution in [-0.4, -0.2) is 21.6 Å². The molecule has 2 aromatic rings. The number of ether oxygens (including phenoxy) is 2. The van der Waals surface area contributed by atoms with Crippen molar-refractivity contribution < 1.29 is 23.6 Å². The molecule has 0 aliphatic heterocycles. The van der Waals surface area contributed by atoms with E-state index >= 15 is 0 Å². The Kier molecular flexibility index (Phi) is 5.71. The Labute approximate surface area is 149 Å². The highest BCUT2D eigenvalue weighted by Gasteiger charge is 2.16. The zero-order valence-corrected chi connectivity index (χ0v) is 14.5. The van der Waals surface area contributed by atoms with E-state index in [1.807, 2.05) is 0 Å². The summed E-state index contributed by atoms with van der Waals surface area (Å²) in [7, 11) is 0. The summed E-state index contributed by atoms with van der Waals surface area (Å²) in [5.74, 6) is -0.727. The van der Waals surface area contributed by atoms with Gasteiger partial charge in [-0.1, -0.05) is 6.07 Å². The summed E-state index contributed by atoms with van der Waals surface area (Å²) < 4.78 is 24.5. The lowest BCUT2D eigenvalue weighted by Gasteiger charge is -2.19. The SMILES string of the molecule is CC(C)(C)OC(=O)NCc1ccc(Oc2ccc([N+](=O)[O-])cn2)c(F)c1. The van der Waals surface area contributed by atoms with Gasteiger partial charge in [0.05, 0.1) is 4.92 Å². The molecule has 0 aliphatic rings. The Hall–Kier alpha value is -3.23. The molecule has 138 valence electrons. The van der Waals surface area contributed by atoms with Gasteiger partial charge < -0.3 is 14.8 Å². The number of aromatic nitrogens is 1. The van der Waals surface area contributed by atoms with Gasteiger partial charge in [-0.2, -0.15) is 0 Å². The van der Waals surface area contributed by atoms with Crippen molar-refractivity contribution in [2.75, 3.05) is 0 Å². The van der Waals surface area contributed by atoms with Crippen LogP contribution < -0.4 is 10.1 Å². The van der Waals surface area contributed by atoms with Gasteiger partial charge >= 0.3 is 6.09 Å². The van der Waals surface area contributed by atoms with Gasteiger partial charge in [0.1, 0.15) is 11.8 Å². The highest BCUT2D eigenvalue weighted by Crippen LogP contribution is 2.25. The van der Waals surface area contributed by atoms with Crippen LogP contribution in [0.15, 0.2) is 36.5 Å². The summed E-state index contributed by atoms with van der Waals surface area (Å²) in [4.78, 5) is 25.3. The van der Waals surface area contributed by atoms with Crippen LogP contribution in [0.1, 0.15) is 26.3 Å². The normalized spacial score (nSPS) is 10.9. The molecule has 1 heterocycles. The molecular formula is C17H18FN3O5. The third-order valence-corrected chi connectivity index (χ3v) is 2.98. The number of carbonyl (C=O) groups excluding carboxylic acids is 1. The molecule has 0 saturated carbocycles. The number of hydrogen-bond acceptors (Lipinski definition) is 6. The molecule has 1 amide bonds. The molecule has 1 aromatic heterocycles. The second kappa shape index (κ2) is 7.77. The van der Waals surface area contributed by atoms with E-state index in [2.05, 4.69) is 10.3 Å². The Morgan fingerprint density at radius 3 is 2.58 bits per heavy atom. The zero-order chi connectivity index (χ0) is 19.3. The van der Waals surface area contributed by atoms with Crippen molar-refractivity contribution in [3.63, 3.8) is 0 Å². The van der Waals surface area contributed by atoms with E-state index < -0.39 is 22.4 Å². The first-order valence-electron chi connectivity index (χ1n) is 7.67. The predicted molar refractivity (Wildman–Crippen MR) is 90.4 cm³/mol. The molecule has 0 fully saturated rings. The van der Waals surface area contributed by atoms with E-state index in [1.54, 1.807) is 26.8 Å². The number of hydrogen-bond donors (Lipinski definition) is 1. The predicted octanol–water partition coefficient (Wildman–Crippen LogP) is 3.95. The van der Waals surface area contributed by atoms with Gasteiger partial charge in [-0.15, -0.1) is 0 Å². The summed E-state index contributed by atoms with van der Waals surface area (Å²) in [6, 6.07) is 6.64. The number of benzene rings is 1. The Balaban J connectivity index is 1.98. The van der Waals surface area contributed by atoms with Gasteiger partial charge in [-0.3, -0.25) is 10.1 Å². The number of carbonyl (C=O) groups is 1. The van der Waals surface area contributed by atoms with Crippen LogP contribution >= 0.6 is 0 Å². The van der Waals surface area contributed by atoms with E-state index in [0.29, 0.717) is 5.56 Å². The summed E-state index contributed by atoms with van der Waals surface area (Å²) >= 11 is 0. The number of nitrogens with zero attached hydrogens (tertiary/aromatic N) is 2. The van der Waals surface area contributed by atoms with Crippen LogP contribution in [0.2, 0.25) is 0 Å². The number of nitrogens with one attached hydrogen (secondary N) is 1. The first kappa shape index (κ1) is 19.1. The lowest BCUT2D eigenvalue weighted by atomic mass is 10.2. The summed E-state index contributed by atoms with van der Waals surface area (Å²) in [6.45, 7) is 5.31. The molecular weight excluding hydrogens is 345 g/mol. The standard InChI is InChI=1S/C17H18FN3O5/c1-17(2,3)26-16(22)20-9-11-4-6-14(13(18)8-11)25-15-7-5-12(10-19-15)21(23)24/h4-8,10H,9H2,1-3H3,(H,20,22). The van der Waals surface area contributed by atoms with Gasteiger partial charge in [0.2, 0.25) is 5.88 Å². The van der Waals surface area contributed by atoms with Crippen molar-refractivity contribution in [2.45, 2.75) is 32.9 Å². The average molecular weight is 363 g/mol. The van der Waals surface area contributed by atoms with Crippen molar-refractivity contribution >= 4 is 11.8 Å². The monoisotopic (exact) mass is 363 g/mol. The quantitative estimate of drug-likeness (QED) is 0.637. The van der Waals surface area contributed by atoms with Crippen molar-refractivity contribution in [3.8, 4) is 11.6 Å². The van der Waals surface area contributed by atoms with Crippen LogP contribution in [-0.2, 0) is 11.3 Å². The fourth-order valence-electron chi connectivity index (χ4n) is 1.88. The number of pyridine rings is 1. The van der Waals surface area contributed by atoms with Crippen LogP contribution in [0.3, 0.4) is 0 Å². The molecule has 2 rings (SSSR count). The maximum atomic E-state index is 14.1. The smallest absolute Gasteiger partial charge is 0.407 e. The summed E-state index contributed by atoms with van der Waals surface area (Å²) in [6.07, 6.45) is 0.417. The maximum absolute atomic E-state index is 14.1. The number of alkyl carbamates (subject to hydrolysis) is 1. The fourth-order valence-corrected chi connectivity index (χ4v) is 1.88. The second-order valence-electron chi connectivity index (χ2n) is 6.33. The van der Waals surface area contributed by atoms with Crippen LogP contribution in [0.25, 0.3) is 0 Å². The molecule has 26 heavy (non-hydrogen) atoms. The maximum Gasteiger partial charge on any atom is 0.407 e. The largest absolute Gasteiger partial charge is 0.444 e. The molecule has 0 unspecified atom stereocenters. The lowest BCUT2D eigenvalue weighted by molar-refractivity contribution is -0.385. The highest BCUT2D eigenvalue weighted by atomic mass is 19.1. The number of nitro groups is 1. The molecule has 1 aromatic carbocycles. The minimum atomic E-state index is -0.659. The molecule has 8 nitrogen and oxygen atoms in total. The topological polar surface area (TPSA) is 104 Å². The van der Waals surface area contributed by atoms with Gasteiger partial charge in [0.15, 0.2) is 11.6 Å². The molecule has 0 aliphatic carbocycles. The fraction of sp³-hybridized carbons (Fsp3) is 0.294. The minimum Gasteiger partial charge on any atom is -0.444 e. The molecule has 1 N–H and O–H groups in total. The summed E-state index contributed by atoms with van der Waals surface area (Å²) in [5.41, 5.74) is -0.302. The highest BCUT2D eigenvalue weighted by molar-refractivity contribution is 5.67. The van der Waals surface area contributed by atoms with Gasteiger partial charge in [-0.25, -0.2) is 14.2 Å². The third-order valence-electron chi connectivity index (χ3n) is 2.98. The van der Waals surface area contributed by atoms with E-state index in [-0.39, 0.29) is 23.9 Å². The lowest BCUT2D eigenvalue weighted by Crippen LogP contribution is -2.32. The number of rotatable bonds is 5. The molecule has 0 bridgehead atoms. The molecule has 9 heteroatoms. The number of amides is 1. The van der Waals surface area contributed by atoms with Gasteiger partial charge in [0.25, 0.3) is 5.69 Å². The number of halogens is 1. The Bertz CT molecular complexity index is 803. The van der Waals surface area contributed by atoms with E-state index in [9.17, 15) is 19.3 Å². The van der Waals surface area contributed by atoms with Crippen molar-refractivity contribution in [1.29, 1.82) is 0 Å². The molecule has 0 spiro atoms. The first-order valence-corrected chi connectivity index (χ1v) is 7.67. The third kappa shape index (κ3) is 5.69. The van der Waals surface area contributed by atoms with Crippen molar-refractivity contribution in [2.24, 2.45) is 0 Å². The van der Waals surface area contributed by atoms with E-state index in [0.717, 1.165) is 6.20 Å². The Morgan fingerprint density at radius 2 is 2.04 bits per heavy atom. The van der Waals surface area contributed by atoms with Crippen molar-refractivity contribution in [1.82, 2.24) is 10.3 Å². The van der Waals surface area contributed by atoms with Gasteiger partial charge in [-0.05, 0) is 38.5 Å². The van der Waals surface area contributed by atoms with Gasteiger partial charge in [0, 0.05) is 18.7 Å². The van der Waals surface area contributed by atoms with Crippen LogP contribution in [0.5, 0.6) is 11.6 Å². The summed E-state index contributed by atoms with van der Waals surface area (Å²) in [5, 5.41) is 13.1. The second-order valence-corrected chi connectivity index (χ2v) is 6.33. The van der Waals surface area contributed by atoms with Crippen LogP contribution in [0, 0.1) is 15.9 Å². The molecule has 0 radical (unpaired) electrons. The average Bonchev–Trinajstić information content (AvgIpc) is 2.54. The molecule has 0 saturated heterocycles. The van der Waals surface area contributed by atoms with E-state index in [1.165, 1.54) is 24.3 Å². The first-order chi connectivity index (χ1) is 12.1. The zero-order valence-electron chi connectivity index (χ0n) is 14.5. The van der Waals surface area contributed by atoms with Crippen LogP contribution in [0.4, 0.5) is 14.9 Å². The van der Waals surface area contributed by atoms with E-state index in [4.69, 9.17) is 9.47 Å². The minimum absolute atomic E-state index is 0.0223. The Morgan fingerprint density at radius 1 is 1.31 bits per heavy atom.